The van der Waals surface area contributed by atoms with Gasteiger partial charge in [-0.05, 0) is 24.5 Å². The zero-order valence-corrected chi connectivity index (χ0v) is 14.3. The largest absolute Gasteiger partial charge is 0.467 e. The Hall–Kier alpha value is -2.60. The monoisotopic (exact) mass is 350 g/mol. The van der Waals surface area contributed by atoms with Gasteiger partial charge in [-0.25, -0.2) is 4.79 Å². The number of ether oxygens (including phenoxy) is 2. The van der Waals surface area contributed by atoms with Crippen LogP contribution < -0.4 is 0 Å². The zero-order valence-electron chi connectivity index (χ0n) is 14.3. The Kier molecular flexibility index (Phi) is 2.45. The number of amides is 1. The third-order valence-corrected chi connectivity index (χ3v) is 6.67. The molecule has 0 aliphatic carbocycles. The molecule has 1 aromatic heterocycles. The molecule has 1 amide bonds. The predicted molar refractivity (Wildman–Crippen MR) is 92.3 cm³/mol. The molecule has 4 aliphatic rings. The normalized spacial score (nSPS) is 36.3. The van der Waals surface area contributed by atoms with Crippen molar-refractivity contribution in [1.29, 1.82) is 0 Å². The number of methoxy groups -OCH3 is 1. The van der Waals surface area contributed by atoms with Crippen LogP contribution in [0.5, 0.6) is 0 Å². The standard InChI is InChI=1S/C20H18N2O4/c1-25-18(24)20-16-13(12-4-2-3-5-15(12)21-16)7-9-22(20)17(23)14-10-11-6-8-19(14,20)26-11/h2-6,8,11,14,21H,7,9-10H2,1H3/t11-,14?,19+,20?/m0/s1. The van der Waals surface area contributed by atoms with Crippen molar-refractivity contribution in [2.24, 2.45) is 5.92 Å². The lowest BCUT2D eigenvalue weighted by Crippen LogP contribution is -2.63. The highest BCUT2D eigenvalue weighted by atomic mass is 16.5. The molecule has 132 valence electrons. The molecule has 2 unspecified atom stereocenters. The van der Waals surface area contributed by atoms with Crippen LogP contribution in [0.1, 0.15) is 17.7 Å². The summed E-state index contributed by atoms with van der Waals surface area (Å²) >= 11 is 0. The molecule has 26 heavy (non-hydrogen) atoms. The van der Waals surface area contributed by atoms with Gasteiger partial charge in [0, 0.05) is 17.4 Å². The van der Waals surface area contributed by atoms with Gasteiger partial charge in [-0.2, -0.15) is 0 Å². The number of benzene rings is 1. The Bertz CT molecular complexity index is 1020. The lowest BCUT2D eigenvalue weighted by atomic mass is 9.69. The van der Waals surface area contributed by atoms with E-state index in [2.05, 4.69) is 11.1 Å². The molecule has 4 aliphatic heterocycles. The highest BCUT2D eigenvalue weighted by molar-refractivity contribution is 6.01. The SMILES string of the molecule is COC(=O)C12c3[nH]c4ccccc4c3CCN1C(=O)C1C[C@@H]3C=C[C@@]12O3. The van der Waals surface area contributed by atoms with Gasteiger partial charge in [0.25, 0.3) is 0 Å². The second-order valence-electron chi connectivity index (χ2n) is 7.56. The number of esters is 1. The van der Waals surface area contributed by atoms with Crippen LogP contribution in [0.25, 0.3) is 10.9 Å². The summed E-state index contributed by atoms with van der Waals surface area (Å²) in [6.07, 6.45) is 5.14. The number of fused-ring (bicyclic) bond motifs is 6. The van der Waals surface area contributed by atoms with E-state index in [1.165, 1.54) is 7.11 Å². The molecule has 1 N–H and O–H groups in total. The van der Waals surface area contributed by atoms with Crippen molar-refractivity contribution in [3.05, 3.63) is 47.7 Å². The van der Waals surface area contributed by atoms with E-state index in [9.17, 15) is 9.59 Å². The third kappa shape index (κ3) is 1.28. The van der Waals surface area contributed by atoms with Gasteiger partial charge in [-0.3, -0.25) is 4.79 Å². The summed E-state index contributed by atoms with van der Waals surface area (Å²) in [6.45, 7) is 0.489. The molecule has 6 heteroatoms. The summed E-state index contributed by atoms with van der Waals surface area (Å²) in [6, 6.07) is 8.01. The van der Waals surface area contributed by atoms with Crippen LogP contribution in [0.2, 0.25) is 0 Å². The topological polar surface area (TPSA) is 71.6 Å². The van der Waals surface area contributed by atoms with Crippen LogP contribution in [-0.2, 0) is 31.0 Å². The molecular weight excluding hydrogens is 332 g/mol. The Balaban J connectivity index is 1.74. The smallest absolute Gasteiger partial charge is 0.341 e. The number of para-hydroxylation sites is 1. The second kappa shape index (κ2) is 4.38. The Morgan fingerprint density at radius 1 is 1.38 bits per heavy atom. The minimum absolute atomic E-state index is 0.00782. The fraction of sp³-hybridized carbons (Fsp3) is 0.400. The van der Waals surface area contributed by atoms with Gasteiger partial charge in [-0.15, -0.1) is 0 Å². The lowest BCUT2D eigenvalue weighted by Gasteiger charge is -2.46. The summed E-state index contributed by atoms with van der Waals surface area (Å²) < 4.78 is 11.6. The highest BCUT2D eigenvalue weighted by Gasteiger charge is 2.79. The van der Waals surface area contributed by atoms with Crippen LogP contribution in [0.4, 0.5) is 0 Å². The van der Waals surface area contributed by atoms with E-state index >= 15 is 0 Å². The molecular formula is C20H18N2O4. The molecule has 2 bridgehead atoms. The van der Waals surface area contributed by atoms with Gasteiger partial charge in [0.15, 0.2) is 0 Å². The summed E-state index contributed by atoms with van der Waals surface area (Å²) in [5.74, 6) is -0.784. The first-order valence-electron chi connectivity index (χ1n) is 9.00. The van der Waals surface area contributed by atoms with Gasteiger partial charge in [0.1, 0.15) is 5.60 Å². The van der Waals surface area contributed by atoms with Crippen molar-refractivity contribution >= 4 is 22.8 Å². The van der Waals surface area contributed by atoms with Crippen LogP contribution in [0.3, 0.4) is 0 Å². The molecule has 5 heterocycles. The Morgan fingerprint density at radius 2 is 2.23 bits per heavy atom. The summed E-state index contributed by atoms with van der Waals surface area (Å²) in [5.41, 5.74) is 0.527. The molecule has 0 saturated carbocycles. The molecule has 6 rings (SSSR count). The number of carbonyl (C=O) groups is 2. The lowest BCUT2D eigenvalue weighted by molar-refractivity contribution is -0.172. The number of carbonyl (C=O) groups excluding carboxylic acids is 2. The first kappa shape index (κ1) is 14.6. The van der Waals surface area contributed by atoms with E-state index in [0.717, 1.165) is 22.2 Å². The highest BCUT2D eigenvalue weighted by Crippen LogP contribution is 2.63. The first-order valence-corrected chi connectivity index (χ1v) is 9.00. The van der Waals surface area contributed by atoms with Crippen LogP contribution in [0, 0.1) is 5.92 Å². The molecule has 2 aromatic rings. The molecule has 1 spiro atoms. The van der Waals surface area contributed by atoms with Crippen molar-refractivity contribution < 1.29 is 19.1 Å². The van der Waals surface area contributed by atoms with Gasteiger partial charge in [-0.1, -0.05) is 30.4 Å². The zero-order chi connectivity index (χ0) is 17.7. The van der Waals surface area contributed by atoms with Crippen molar-refractivity contribution in [3.63, 3.8) is 0 Å². The van der Waals surface area contributed by atoms with E-state index in [1.54, 1.807) is 4.90 Å². The number of H-pyrrole nitrogens is 1. The van der Waals surface area contributed by atoms with Crippen LogP contribution >= 0.6 is 0 Å². The molecule has 6 nitrogen and oxygen atoms in total. The van der Waals surface area contributed by atoms with Gasteiger partial charge in [0.05, 0.1) is 24.8 Å². The number of hydrogen-bond acceptors (Lipinski definition) is 4. The van der Waals surface area contributed by atoms with E-state index in [-0.39, 0.29) is 17.9 Å². The van der Waals surface area contributed by atoms with E-state index in [0.29, 0.717) is 19.4 Å². The van der Waals surface area contributed by atoms with E-state index < -0.39 is 17.1 Å². The fourth-order valence-electron chi connectivity index (χ4n) is 5.74. The maximum absolute atomic E-state index is 13.3. The number of nitrogens with zero attached hydrogens (tertiary/aromatic N) is 1. The van der Waals surface area contributed by atoms with Crippen molar-refractivity contribution in [3.8, 4) is 0 Å². The quantitative estimate of drug-likeness (QED) is 0.627. The first-order chi connectivity index (χ1) is 12.6. The van der Waals surface area contributed by atoms with Gasteiger partial charge < -0.3 is 19.4 Å². The number of nitrogens with one attached hydrogen (secondary N) is 1. The third-order valence-electron chi connectivity index (χ3n) is 6.67. The number of rotatable bonds is 1. The summed E-state index contributed by atoms with van der Waals surface area (Å²) in [7, 11) is 1.38. The second-order valence-corrected chi connectivity index (χ2v) is 7.56. The minimum atomic E-state index is -1.28. The van der Waals surface area contributed by atoms with Crippen molar-refractivity contribution in [2.75, 3.05) is 13.7 Å². The van der Waals surface area contributed by atoms with Crippen molar-refractivity contribution in [1.82, 2.24) is 9.88 Å². The molecule has 4 atom stereocenters. The summed E-state index contributed by atoms with van der Waals surface area (Å²) in [5, 5.41) is 1.09. The van der Waals surface area contributed by atoms with E-state index in [1.807, 2.05) is 30.4 Å². The Morgan fingerprint density at radius 3 is 3.04 bits per heavy atom. The maximum atomic E-state index is 13.3. The van der Waals surface area contributed by atoms with Crippen LogP contribution in [0.15, 0.2) is 36.4 Å². The van der Waals surface area contributed by atoms with Crippen LogP contribution in [-0.4, -0.2) is 47.1 Å². The molecule has 2 fully saturated rings. The number of aromatic amines is 1. The average Bonchev–Trinajstić information content (AvgIpc) is 3.40. The fourth-order valence-corrected chi connectivity index (χ4v) is 5.74. The van der Waals surface area contributed by atoms with E-state index in [4.69, 9.17) is 9.47 Å². The Labute approximate surface area is 149 Å². The molecule has 2 saturated heterocycles. The average molecular weight is 350 g/mol. The van der Waals surface area contributed by atoms with Gasteiger partial charge in [0.2, 0.25) is 11.4 Å². The van der Waals surface area contributed by atoms with Crippen molar-refractivity contribution in [2.45, 2.75) is 30.1 Å². The van der Waals surface area contributed by atoms with Gasteiger partial charge >= 0.3 is 5.97 Å². The number of aromatic nitrogens is 1. The molecule has 0 radical (unpaired) electrons. The summed E-state index contributed by atoms with van der Waals surface area (Å²) in [4.78, 5) is 31.7. The predicted octanol–water partition coefficient (Wildman–Crippen LogP) is 1.65. The number of hydrogen-bond donors (Lipinski definition) is 1. The maximum Gasteiger partial charge on any atom is 0.341 e. The minimum Gasteiger partial charge on any atom is -0.467 e. The molecule has 1 aromatic carbocycles.